The molecule has 0 amide bonds. The average molecular weight is 371 g/mol. The smallest absolute Gasteiger partial charge is 0.0890 e. The Bertz CT molecular complexity index is 916. The molecule has 1 atom stereocenters. The third kappa shape index (κ3) is 3.63. The fourth-order valence-corrected chi connectivity index (χ4v) is 3.77. The number of nitrogens with zero attached hydrogens (tertiary/aromatic N) is 4. The maximum absolute atomic E-state index is 4.95. The van der Waals surface area contributed by atoms with E-state index in [2.05, 4.69) is 77.3 Å². The van der Waals surface area contributed by atoms with Crippen LogP contribution in [-0.4, -0.2) is 23.8 Å². The first-order chi connectivity index (χ1) is 13.8. The number of rotatable bonds is 6. The molecule has 0 fully saturated rings. The van der Waals surface area contributed by atoms with E-state index in [9.17, 15) is 0 Å². The molecule has 4 heteroatoms. The molecule has 0 bridgehead atoms. The predicted octanol–water partition coefficient (Wildman–Crippen LogP) is 5.28. The van der Waals surface area contributed by atoms with Gasteiger partial charge in [0.2, 0.25) is 0 Å². The van der Waals surface area contributed by atoms with Gasteiger partial charge in [-0.15, -0.1) is 0 Å². The van der Waals surface area contributed by atoms with Crippen molar-refractivity contribution >= 4 is 17.1 Å². The number of pyridine rings is 1. The van der Waals surface area contributed by atoms with Crippen molar-refractivity contribution in [2.45, 2.75) is 26.3 Å². The van der Waals surface area contributed by atoms with E-state index in [4.69, 9.17) is 5.10 Å². The minimum Gasteiger partial charge on any atom is -0.372 e. The van der Waals surface area contributed by atoms with Crippen LogP contribution in [0.2, 0.25) is 0 Å². The number of benzene rings is 2. The molecule has 1 aliphatic rings. The lowest BCUT2D eigenvalue weighted by molar-refractivity contribution is 0.708. The van der Waals surface area contributed by atoms with Crippen LogP contribution in [0.1, 0.15) is 37.6 Å². The van der Waals surface area contributed by atoms with E-state index in [1.54, 1.807) is 0 Å². The number of hydrogen-bond acceptors (Lipinski definition) is 4. The maximum Gasteiger partial charge on any atom is 0.0890 e. The zero-order valence-electron chi connectivity index (χ0n) is 16.5. The lowest BCUT2D eigenvalue weighted by atomic mass is 9.99. The second kappa shape index (κ2) is 8.26. The SMILES string of the molecule is CCN(CC)c1ccc([C@@H]2CC(c3ccccn3)=NN2c2ccccc2)cc1. The van der Waals surface area contributed by atoms with Crippen LogP contribution in [0.5, 0.6) is 0 Å². The summed E-state index contributed by atoms with van der Waals surface area (Å²) in [5.74, 6) is 0. The molecule has 0 radical (unpaired) electrons. The second-order valence-electron chi connectivity index (χ2n) is 6.93. The Morgan fingerprint density at radius 1 is 0.893 bits per heavy atom. The highest BCUT2D eigenvalue weighted by Gasteiger charge is 2.30. The van der Waals surface area contributed by atoms with Crippen LogP contribution >= 0.6 is 0 Å². The summed E-state index contributed by atoms with van der Waals surface area (Å²) in [7, 11) is 0. The van der Waals surface area contributed by atoms with Gasteiger partial charge in [0.15, 0.2) is 0 Å². The van der Waals surface area contributed by atoms with Crippen molar-refractivity contribution in [3.8, 4) is 0 Å². The summed E-state index contributed by atoms with van der Waals surface area (Å²) in [5.41, 5.74) is 5.62. The molecule has 28 heavy (non-hydrogen) atoms. The van der Waals surface area contributed by atoms with Gasteiger partial charge in [0.25, 0.3) is 0 Å². The fourth-order valence-electron chi connectivity index (χ4n) is 3.77. The van der Waals surface area contributed by atoms with Gasteiger partial charge >= 0.3 is 0 Å². The summed E-state index contributed by atoms with van der Waals surface area (Å²) in [6.45, 7) is 6.42. The molecular formula is C24H26N4. The number of para-hydroxylation sites is 1. The third-order valence-electron chi connectivity index (χ3n) is 5.30. The Labute approximate surface area is 167 Å². The number of aromatic nitrogens is 1. The van der Waals surface area contributed by atoms with Crippen molar-refractivity contribution in [2.24, 2.45) is 5.10 Å². The van der Waals surface area contributed by atoms with E-state index >= 15 is 0 Å². The van der Waals surface area contributed by atoms with E-state index in [0.717, 1.165) is 36.6 Å². The van der Waals surface area contributed by atoms with Crippen molar-refractivity contribution in [1.29, 1.82) is 0 Å². The molecule has 0 unspecified atom stereocenters. The van der Waals surface area contributed by atoms with Crippen molar-refractivity contribution in [3.63, 3.8) is 0 Å². The third-order valence-corrected chi connectivity index (χ3v) is 5.30. The van der Waals surface area contributed by atoms with Gasteiger partial charge in [-0.05, 0) is 55.8 Å². The van der Waals surface area contributed by atoms with E-state index in [-0.39, 0.29) is 6.04 Å². The van der Waals surface area contributed by atoms with Gasteiger partial charge in [0.1, 0.15) is 0 Å². The Balaban J connectivity index is 1.67. The summed E-state index contributed by atoms with van der Waals surface area (Å²) < 4.78 is 0. The van der Waals surface area contributed by atoms with Gasteiger partial charge in [0.05, 0.1) is 23.1 Å². The van der Waals surface area contributed by atoms with Crippen LogP contribution in [0.25, 0.3) is 0 Å². The van der Waals surface area contributed by atoms with Crippen molar-refractivity contribution < 1.29 is 0 Å². The lowest BCUT2D eigenvalue weighted by Gasteiger charge is -2.25. The molecule has 2 heterocycles. The maximum atomic E-state index is 4.95. The minimum atomic E-state index is 0.171. The summed E-state index contributed by atoms with van der Waals surface area (Å²) in [4.78, 5) is 6.88. The first-order valence-electron chi connectivity index (χ1n) is 9.98. The predicted molar refractivity (Wildman–Crippen MR) is 117 cm³/mol. The lowest BCUT2D eigenvalue weighted by Crippen LogP contribution is -2.22. The summed E-state index contributed by atoms with van der Waals surface area (Å²) in [6, 6.07) is 25.5. The average Bonchev–Trinajstić information content (AvgIpc) is 3.22. The van der Waals surface area contributed by atoms with Crippen molar-refractivity contribution in [2.75, 3.05) is 23.0 Å². The van der Waals surface area contributed by atoms with Crippen molar-refractivity contribution in [3.05, 3.63) is 90.3 Å². The van der Waals surface area contributed by atoms with Crippen LogP contribution in [-0.2, 0) is 0 Å². The summed E-state index contributed by atoms with van der Waals surface area (Å²) >= 11 is 0. The second-order valence-corrected chi connectivity index (χ2v) is 6.93. The Hall–Kier alpha value is -3.14. The number of hydrogen-bond donors (Lipinski definition) is 0. The first kappa shape index (κ1) is 18.2. The largest absolute Gasteiger partial charge is 0.372 e. The quantitative estimate of drug-likeness (QED) is 0.591. The molecule has 4 rings (SSSR count). The molecule has 4 nitrogen and oxygen atoms in total. The first-order valence-corrected chi connectivity index (χ1v) is 9.98. The zero-order chi connectivity index (χ0) is 19.3. The minimum absolute atomic E-state index is 0.171. The van der Waals surface area contributed by atoms with Gasteiger partial charge < -0.3 is 4.90 Å². The number of hydrazone groups is 1. The van der Waals surface area contributed by atoms with Gasteiger partial charge in [-0.2, -0.15) is 5.10 Å². The highest BCUT2D eigenvalue weighted by molar-refractivity contribution is 6.01. The number of anilines is 2. The van der Waals surface area contributed by atoms with Crippen LogP contribution in [0.4, 0.5) is 11.4 Å². The van der Waals surface area contributed by atoms with Crippen molar-refractivity contribution in [1.82, 2.24) is 4.98 Å². The molecule has 0 saturated carbocycles. The molecule has 0 N–H and O–H groups in total. The van der Waals surface area contributed by atoms with E-state index in [1.165, 1.54) is 11.3 Å². The van der Waals surface area contributed by atoms with Crippen LogP contribution in [0.3, 0.4) is 0 Å². The molecule has 0 saturated heterocycles. The molecular weight excluding hydrogens is 344 g/mol. The zero-order valence-corrected chi connectivity index (χ0v) is 16.5. The summed E-state index contributed by atoms with van der Waals surface area (Å²) in [6.07, 6.45) is 2.67. The van der Waals surface area contributed by atoms with Gasteiger partial charge in [-0.3, -0.25) is 9.99 Å². The van der Waals surface area contributed by atoms with Gasteiger partial charge in [-0.1, -0.05) is 36.4 Å². The van der Waals surface area contributed by atoms with Gasteiger partial charge in [0, 0.05) is 31.4 Å². The van der Waals surface area contributed by atoms with E-state index < -0.39 is 0 Å². The molecule has 3 aromatic rings. The fraction of sp³-hybridized carbons (Fsp3) is 0.250. The van der Waals surface area contributed by atoms with E-state index in [1.807, 2.05) is 30.5 Å². The Morgan fingerprint density at radius 3 is 2.25 bits per heavy atom. The van der Waals surface area contributed by atoms with Crippen LogP contribution < -0.4 is 9.91 Å². The topological polar surface area (TPSA) is 31.7 Å². The summed E-state index contributed by atoms with van der Waals surface area (Å²) in [5, 5.41) is 7.09. The normalized spacial score (nSPS) is 16.1. The Morgan fingerprint density at radius 2 is 1.61 bits per heavy atom. The highest BCUT2D eigenvalue weighted by Crippen LogP contribution is 2.36. The van der Waals surface area contributed by atoms with E-state index in [0.29, 0.717) is 0 Å². The standard InChI is InChI=1S/C24H26N4/c1-3-27(4-2)20-15-13-19(14-16-20)24-18-23(22-12-8-9-17-25-22)26-28(24)21-10-6-5-7-11-21/h5-17,24H,3-4,18H2,1-2H3/t24-/m0/s1. The molecule has 1 aliphatic heterocycles. The molecule has 0 aliphatic carbocycles. The van der Waals surface area contributed by atoms with Gasteiger partial charge in [-0.25, -0.2) is 0 Å². The molecule has 142 valence electrons. The molecule has 1 aromatic heterocycles. The molecule has 0 spiro atoms. The monoisotopic (exact) mass is 370 g/mol. The van der Waals surface area contributed by atoms with Crippen LogP contribution in [0.15, 0.2) is 84.1 Å². The Kier molecular flexibility index (Phi) is 5.38. The molecule has 2 aromatic carbocycles. The highest BCUT2D eigenvalue weighted by atomic mass is 15.5. The van der Waals surface area contributed by atoms with Crippen LogP contribution in [0, 0.1) is 0 Å².